The first kappa shape index (κ1) is 12.8. The lowest BCUT2D eigenvalue weighted by Crippen LogP contribution is -2.29. The number of amides is 2. The first-order valence-corrected chi connectivity index (χ1v) is 5.74. The average molecular weight is 255 g/mol. The van der Waals surface area contributed by atoms with Gasteiger partial charge in [0.05, 0.1) is 0 Å². The Morgan fingerprint density at radius 3 is 1.84 bits per heavy atom. The van der Waals surface area contributed by atoms with Crippen molar-refractivity contribution < 1.29 is 9.59 Å². The van der Waals surface area contributed by atoms with E-state index in [2.05, 4.69) is 15.6 Å². The summed E-state index contributed by atoms with van der Waals surface area (Å²) in [4.78, 5) is 27.1. The fraction of sp³-hybridized carbons (Fsp3) is 0.0714. The van der Waals surface area contributed by atoms with Crippen LogP contribution in [0.4, 0.5) is 11.4 Å². The molecule has 0 atom stereocenters. The van der Waals surface area contributed by atoms with E-state index < -0.39 is 11.8 Å². The monoisotopic (exact) mass is 255 g/mol. The van der Waals surface area contributed by atoms with Crippen LogP contribution in [0, 0.1) is 6.92 Å². The molecule has 19 heavy (non-hydrogen) atoms. The summed E-state index contributed by atoms with van der Waals surface area (Å²) in [5.41, 5.74) is 2.19. The van der Waals surface area contributed by atoms with Crippen molar-refractivity contribution in [2.24, 2.45) is 0 Å². The van der Waals surface area contributed by atoms with E-state index in [1.807, 2.05) is 19.1 Å². The first-order valence-electron chi connectivity index (χ1n) is 5.74. The van der Waals surface area contributed by atoms with Crippen LogP contribution in [0.15, 0.2) is 48.8 Å². The number of hydrogen-bond acceptors (Lipinski definition) is 3. The van der Waals surface area contributed by atoms with Crippen molar-refractivity contribution in [3.05, 3.63) is 54.4 Å². The van der Waals surface area contributed by atoms with Crippen LogP contribution in [0.25, 0.3) is 0 Å². The lowest BCUT2D eigenvalue weighted by Gasteiger charge is -2.06. The van der Waals surface area contributed by atoms with Gasteiger partial charge < -0.3 is 10.6 Å². The summed E-state index contributed by atoms with van der Waals surface area (Å²) in [5, 5.41) is 5.00. The van der Waals surface area contributed by atoms with Gasteiger partial charge in [-0.05, 0) is 31.2 Å². The van der Waals surface area contributed by atoms with E-state index in [4.69, 9.17) is 0 Å². The van der Waals surface area contributed by atoms with Crippen LogP contribution in [-0.4, -0.2) is 16.8 Å². The van der Waals surface area contributed by atoms with E-state index in [0.717, 1.165) is 5.56 Å². The molecular weight excluding hydrogens is 242 g/mol. The van der Waals surface area contributed by atoms with Crippen LogP contribution < -0.4 is 10.6 Å². The first-order chi connectivity index (χ1) is 9.15. The van der Waals surface area contributed by atoms with Crippen LogP contribution in [0.1, 0.15) is 5.56 Å². The van der Waals surface area contributed by atoms with Crippen molar-refractivity contribution >= 4 is 23.2 Å². The number of hydrogen-bond donors (Lipinski definition) is 2. The predicted molar refractivity (Wildman–Crippen MR) is 72.7 cm³/mol. The van der Waals surface area contributed by atoms with Crippen molar-refractivity contribution in [2.45, 2.75) is 6.92 Å². The smallest absolute Gasteiger partial charge is 0.314 e. The fourth-order valence-corrected chi connectivity index (χ4v) is 1.45. The number of nitrogens with one attached hydrogen (secondary N) is 2. The number of aryl methyl sites for hydroxylation is 1. The van der Waals surface area contributed by atoms with Gasteiger partial charge in [0, 0.05) is 23.8 Å². The zero-order valence-corrected chi connectivity index (χ0v) is 10.4. The van der Waals surface area contributed by atoms with Crippen LogP contribution in [0.3, 0.4) is 0 Å². The summed E-state index contributed by atoms with van der Waals surface area (Å²) in [6, 6.07) is 10.4. The third kappa shape index (κ3) is 3.64. The van der Waals surface area contributed by atoms with E-state index in [1.165, 1.54) is 12.4 Å². The van der Waals surface area contributed by atoms with Gasteiger partial charge in [-0.3, -0.25) is 14.6 Å². The van der Waals surface area contributed by atoms with Gasteiger partial charge in [-0.15, -0.1) is 0 Å². The Bertz CT molecular complexity index is 579. The molecule has 0 spiro atoms. The Hall–Kier alpha value is -2.69. The van der Waals surface area contributed by atoms with Crippen molar-refractivity contribution in [1.82, 2.24) is 4.98 Å². The van der Waals surface area contributed by atoms with Gasteiger partial charge >= 0.3 is 11.8 Å². The molecule has 0 bridgehead atoms. The Labute approximate surface area is 110 Å². The van der Waals surface area contributed by atoms with Crippen molar-refractivity contribution in [3.63, 3.8) is 0 Å². The fourth-order valence-electron chi connectivity index (χ4n) is 1.45. The molecule has 5 nitrogen and oxygen atoms in total. The maximum atomic E-state index is 11.7. The highest BCUT2D eigenvalue weighted by atomic mass is 16.2. The third-order valence-corrected chi connectivity index (χ3v) is 2.45. The van der Waals surface area contributed by atoms with Gasteiger partial charge in [0.2, 0.25) is 0 Å². The number of benzene rings is 1. The number of anilines is 2. The number of rotatable bonds is 2. The molecule has 0 saturated heterocycles. The van der Waals surface area contributed by atoms with Gasteiger partial charge in [0.25, 0.3) is 0 Å². The largest absolute Gasteiger partial charge is 0.318 e. The second-order valence-corrected chi connectivity index (χ2v) is 4.01. The third-order valence-electron chi connectivity index (χ3n) is 2.45. The zero-order valence-electron chi connectivity index (χ0n) is 10.4. The highest BCUT2D eigenvalue weighted by molar-refractivity contribution is 6.43. The molecule has 96 valence electrons. The summed E-state index contributed by atoms with van der Waals surface area (Å²) in [7, 11) is 0. The average Bonchev–Trinajstić information content (AvgIpc) is 2.42. The second kappa shape index (κ2) is 5.77. The summed E-state index contributed by atoms with van der Waals surface area (Å²) in [6.45, 7) is 1.95. The lowest BCUT2D eigenvalue weighted by atomic mass is 10.2. The Kier molecular flexibility index (Phi) is 3.87. The molecule has 0 unspecified atom stereocenters. The minimum atomic E-state index is -0.716. The lowest BCUT2D eigenvalue weighted by molar-refractivity contribution is -0.132. The Morgan fingerprint density at radius 2 is 1.32 bits per heavy atom. The number of pyridine rings is 1. The van der Waals surface area contributed by atoms with Gasteiger partial charge in [-0.1, -0.05) is 17.7 Å². The molecule has 1 aromatic heterocycles. The van der Waals surface area contributed by atoms with E-state index in [-0.39, 0.29) is 0 Å². The molecule has 0 saturated carbocycles. The summed E-state index contributed by atoms with van der Waals surface area (Å²) < 4.78 is 0. The van der Waals surface area contributed by atoms with E-state index in [0.29, 0.717) is 11.4 Å². The number of nitrogens with zero attached hydrogens (tertiary/aromatic N) is 1. The predicted octanol–water partition coefficient (Wildman–Crippen LogP) is 1.97. The maximum Gasteiger partial charge on any atom is 0.314 e. The molecule has 2 rings (SSSR count). The molecule has 2 amide bonds. The molecule has 0 aliphatic heterocycles. The van der Waals surface area contributed by atoms with Crippen molar-refractivity contribution in [1.29, 1.82) is 0 Å². The molecule has 2 N–H and O–H groups in total. The highest BCUT2D eigenvalue weighted by Crippen LogP contribution is 2.09. The van der Waals surface area contributed by atoms with Crippen LogP contribution in [0.2, 0.25) is 0 Å². The number of carbonyl (C=O) groups excluding carboxylic acids is 2. The van der Waals surface area contributed by atoms with Gasteiger partial charge in [-0.25, -0.2) is 0 Å². The van der Waals surface area contributed by atoms with Crippen molar-refractivity contribution in [3.8, 4) is 0 Å². The second-order valence-electron chi connectivity index (χ2n) is 4.01. The summed E-state index contributed by atoms with van der Waals surface area (Å²) in [5.74, 6) is -1.42. The molecule has 1 heterocycles. The standard InChI is InChI=1S/C14H13N3O2/c1-10-2-4-11(5-3-10)16-13(18)14(19)17-12-6-8-15-9-7-12/h2-9H,1H3,(H,16,18)(H,15,17,19). The van der Waals surface area contributed by atoms with Gasteiger partial charge in [-0.2, -0.15) is 0 Å². The van der Waals surface area contributed by atoms with Crippen molar-refractivity contribution in [2.75, 3.05) is 10.6 Å². The molecule has 0 radical (unpaired) electrons. The van der Waals surface area contributed by atoms with E-state index >= 15 is 0 Å². The van der Waals surface area contributed by atoms with E-state index in [1.54, 1.807) is 24.3 Å². The molecule has 5 heteroatoms. The molecular formula is C14H13N3O2. The highest BCUT2D eigenvalue weighted by Gasteiger charge is 2.13. The summed E-state index contributed by atoms with van der Waals surface area (Å²) in [6.07, 6.45) is 3.07. The van der Waals surface area contributed by atoms with Gasteiger partial charge in [0.1, 0.15) is 0 Å². The molecule has 1 aromatic carbocycles. The topological polar surface area (TPSA) is 71.1 Å². The quantitative estimate of drug-likeness (QED) is 0.806. The van der Waals surface area contributed by atoms with Gasteiger partial charge in [0.15, 0.2) is 0 Å². The normalized spacial score (nSPS) is 9.74. The molecule has 0 fully saturated rings. The molecule has 0 aliphatic carbocycles. The zero-order chi connectivity index (χ0) is 13.7. The van der Waals surface area contributed by atoms with Crippen LogP contribution >= 0.6 is 0 Å². The van der Waals surface area contributed by atoms with E-state index in [9.17, 15) is 9.59 Å². The Morgan fingerprint density at radius 1 is 0.842 bits per heavy atom. The molecule has 0 aliphatic rings. The summed E-state index contributed by atoms with van der Waals surface area (Å²) >= 11 is 0. The maximum absolute atomic E-state index is 11.7. The minimum Gasteiger partial charge on any atom is -0.318 e. The van der Waals surface area contributed by atoms with Crippen LogP contribution in [-0.2, 0) is 9.59 Å². The van der Waals surface area contributed by atoms with Crippen LogP contribution in [0.5, 0.6) is 0 Å². The SMILES string of the molecule is Cc1ccc(NC(=O)C(=O)Nc2ccncc2)cc1. The Balaban J connectivity index is 1.96. The minimum absolute atomic E-state index is 0.527. The molecule has 2 aromatic rings. The number of aromatic nitrogens is 1. The number of carbonyl (C=O) groups is 2.